The molecular weight excluding hydrogens is 885 g/mol. The van der Waals surface area contributed by atoms with E-state index in [1.165, 1.54) is 116 Å². The topological polar surface area (TPSA) is 149 Å². The molecule has 0 saturated carbocycles. The number of hydrogen-bond acceptors (Lipinski definition) is 11. The van der Waals surface area contributed by atoms with Crippen molar-refractivity contribution in [2.75, 3.05) is 19.8 Å². The van der Waals surface area contributed by atoms with Crippen molar-refractivity contribution in [1.82, 2.24) is 0 Å². The standard InChI is InChI=1S/C28H54O2.C17H30O5.C14H26O4/c1-3-5-7-9-11-13-14-15-16-17-18-19-20-22-24-26-28(29)30-27-25-23-21-12-10-8-6-4-2;1-3-5-7-9-11-13-15(18)21-17(20)22-16(19)14-12-10-8-6-4-2;1-3-5-11-17-13(15)9-7-8-10-14(16)18-12-6-4-2/h15-16H,3-14,17-27H2,1-2H3;3-14H2,1-2H3;3-12H2,1-2H3/b16-15-;;. The lowest BCUT2D eigenvalue weighted by molar-refractivity contribution is -0.147. The van der Waals surface area contributed by atoms with Gasteiger partial charge in [0.25, 0.3) is 0 Å². The highest BCUT2D eigenvalue weighted by Gasteiger charge is 2.16. The molecule has 0 aromatic heterocycles. The second-order valence-electron chi connectivity index (χ2n) is 18.9. The van der Waals surface area contributed by atoms with Crippen LogP contribution in [0.1, 0.15) is 311 Å². The molecule has 0 fully saturated rings. The van der Waals surface area contributed by atoms with E-state index in [-0.39, 0.29) is 30.7 Å². The summed E-state index contributed by atoms with van der Waals surface area (Å²) in [4.78, 5) is 68.2. The minimum atomic E-state index is -1.20. The molecule has 412 valence electrons. The first-order valence-electron chi connectivity index (χ1n) is 29.2. The van der Waals surface area contributed by atoms with Crippen LogP contribution in [0.3, 0.4) is 0 Å². The van der Waals surface area contributed by atoms with E-state index in [1.54, 1.807) is 0 Å². The van der Waals surface area contributed by atoms with Crippen molar-refractivity contribution in [2.24, 2.45) is 0 Å². The van der Waals surface area contributed by atoms with Gasteiger partial charge >= 0.3 is 36.0 Å². The minimum Gasteiger partial charge on any atom is -0.466 e. The van der Waals surface area contributed by atoms with E-state index in [0.29, 0.717) is 64.8 Å². The van der Waals surface area contributed by atoms with Crippen molar-refractivity contribution in [2.45, 2.75) is 311 Å². The Balaban J connectivity index is -0.000000998. The fraction of sp³-hybridized carbons (Fsp3) is 0.864. The van der Waals surface area contributed by atoms with Crippen LogP contribution in [0.2, 0.25) is 0 Å². The summed E-state index contributed by atoms with van der Waals surface area (Å²) in [5, 5.41) is 0. The van der Waals surface area contributed by atoms with Gasteiger partial charge in [-0.2, -0.15) is 0 Å². The van der Waals surface area contributed by atoms with Crippen LogP contribution in [0.5, 0.6) is 0 Å². The van der Waals surface area contributed by atoms with E-state index in [2.05, 4.69) is 63.2 Å². The summed E-state index contributed by atoms with van der Waals surface area (Å²) in [6.45, 7) is 14.5. The zero-order valence-electron chi connectivity index (χ0n) is 46.5. The van der Waals surface area contributed by atoms with Crippen molar-refractivity contribution in [3.05, 3.63) is 12.2 Å². The Morgan fingerprint density at radius 3 is 0.800 bits per heavy atom. The van der Waals surface area contributed by atoms with Gasteiger partial charge in [0.2, 0.25) is 0 Å². The Kier molecular flexibility index (Phi) is 62.8. The van der Waals surface area contributed by atoms with Crippen LogP contribution in [-0.4, -0.2) is 55.8 Å². The van der Waals surface area contributed by atoms with Gasteiger partial charge in [-0.25, -0.2) is 4.79 Å². The van der Waals surface area contributed by atoms with E-state index < -0.39 is 18.1 Å². The summed E-state index contributed by atoms with van der Waals surface area (Å²) >= 11 is 0. The molecule has 0 bridgehead atoms. The van der Waals surface area contributed by atoms with Crippen LogP contribution >= 0.6 is 0 Å². The highest BCUT2D eigenvalue weighted by molar-refractivity contribution is 5.88. The number of hydrogen-bond donors (Lipinski definition) is 0. The lowest BCUT2D eigenvalue weighted by Crippen LogP contribution is -2.17. The third-order valence-electron chi connectivity index (χ3n) is 11.8. The molecular formula is C59H110O11. The number of carbonyl (C=O) groups excluding carboxylic acids is 6. The molecule has 0 rings (SSSR count). The van der Waals surface area contributed by atoms with E-state index in [0.717, 1.165) is 96.3 Å². The molecule has 0 heterocycles. The highest BCUT2D eigenvalue weighted by atomic mass is 16.8. The van der Waals surface area contributed by atoms with Crippen LogP contribution in [0.15, 0.2) is 12.2 Å². The Bertz CT molecular complexity index is 1150. The quantitative estimate of drug-likeness (QED) is 0.0189. The van der Waals surface area contributed by atoms with E-state index in [9.17, 15) is 28.8 Å². The zero-order chi connectivity index (χ0) is 52.2. The average Bonchev–Trinajstić information content (AvgIpc) is 3.34. The summed E-state index contributed by atoms with van der Waals surface area (Å²) < 4.78 is 24.3. The molecule has 0 N–H and O–H groups in total. The normalized spacial score (nSPS) is 10.7. The van der Waals surface area contributed by atoms with Crippen LogP contribution in [0.25, 0.3) is 0 Å². The van der Waals surface area contributed by atoms with Gasteiger partial charge < -0.3 is 23.7 Å². The predicted octanol–water partition coefficient (Wildman–Crippen LogP) is 17.9. The van der Waals surface area contributed by atoms with Gasteiger partial charge in [-0.05, 0) is 77.0 Å². The molecule has 0 saturated heterocycles. The van der Waals surface area contributed by atoms with E-state index in [1.807, 2.05) is 0 Å². The van der Waals surface area contributed by atoms with Crippen LogP contribution in [0, 0.1) is 0 Å². The predicted molar refractivity (Wildman–Crippen MR) is 288 cm³/mol. The number of allylic oxidation sites excluding steroid dienone is 2. The average molecular weight is 996 g/mol. The molecule has 0 amide bonds. The van der Waals surface area contributed by atoms with Gasteiger partial charge in [-0.15, -0.1) is 0 Å². The maximum atomic E-state index is 11.8. The van der Waals surface area contributed by atoms with Crippen molar-refractivity contribution in [1.29, 1.82) is 0 Å². The SMILES string of the molecule is CCCCCCCC(=O)OC(=O)OC(=O)CCCCCCC.CCCCCCCC/C=C\CCCCCCCC(=O)OCCCCCCCCCC.CCCCOC(=O)CCCCC(=O)OCCCC. The van der Waals surface area contributed by atoms with Crippen molar-refractivity contribution >= 4 is 36.0 Å². The molecule has 0 aliphatic heterocycles. The second kappa shape index (κ2) is 61.9. The first-order valence-corrected chi connectivity index (χ1v) is 29.2. The van der Waals surface area contributed by atoms with E-state index >= 15 is 0 Å². The molecule has 0 unspecified atom stereocenters. The van der Waals surface area contributed by atoms with Crippen molar-refractivity contribution in [3.8, 4) is 0 Å². The fourth-order valence-electron chi connectivity index (χ4n) is 7.23. The van der Waals surface area contributed by atoms with Gasteiger partial charge in [0.05, 0.1) is 19.8 Å². The smallest absolute Gasteiger partial charge is 0.466 e. The Labute approximate surface area is 430 Å². The summed E-state index contributed by atoms with van der Waals surface area (Å²) in [7, 11) is 0. The third-order valence-corrected chi connectivity index (χ3v) is 11.8. The number of ether oxygens (including phenoxy) is 5. The number of carbonyl (C=O) groups is 6. The highest BCUT2D eigenvalue weighted by Crippen LogP contribution is 2.13. The van der Waals surface area contributed by atoms with Gasteiger partial charge in [0.1, 0.15) is 0 Å². The van der Waals surface area contributed by atoms with Crippen molar-refractivity contribution in [3.63, 3.8) is 0 Å². The van der Waals surface area contributed by atoms with Gasteiger partial charge in [-0.1, -0.05) is 214 Å². The Morgan fingerprint density at radius 1 is 0.257 bits per heavy atom. The van der Waals surface area contributed by atoms with Crippen LogP contribution in [-0.2, 0) is 47.7 Å². The third kappa shape index (κ3) is 64.8. The summed E-state index contributed by atoms with van der Waals surface area (Å²) in [5.41, 5.74) is 0. The molecule has 0 aliphatic carbocycles. The Hall–Kier alpha value is -3.24. The van der Waals surface area contributed by atoms with Gasteiger partial charge in [-0.3, -0.25) is 24.0 Å². The molecule has 0 aliphatic rings. The molecule has 0 atom stereocenters. The number of unbranched alkanes of at least 4 members (excludes halogenated alkanes) is 29. The second-order valence-corrected chi connectivity index (χ2v) is 18.9. The Morgan fingerprint density at radius 2 is 0.486 bits per heavy atom. The molecule has 11 heteroatoms. The molecule has 70 heavy (non-hydrogen) atoms. The van der Waals surface area contributed by atoms with Crippen LogP contribution < -0.4 is 0 Å². The maximum Gasteiger partial charge on any atom is 0.524 e. The fourth-order valence-corrected chi connectivity index (χ4v) is 7.23. The largest absolute Gasteiger partial charge is 0.524 e. The summed E-state index contributed by atoms with van der Waals surface area (Å²) in [5.74, 6) is -1.57. The molecule has 0 spiro atoms. The van der Waals surface area contributed by atoms with Crippen molar-refractivity contribution < 1.29 is 52.5 Å². The number of rotatable bonds is 47. The molecule has 11 nitrogen and oxygen atoms in total. The number of esters is 5. The monoisotopic (exact) mass is 995 g/mol. The maximum absolute atomic E-state index is 11.8. The first kappa shape index (κ1) is 71.0. The summed E-state index contributed by atoms with van der Waals surface area (Å²) in [6.07, 6.45) is 47.6. The lowest BCUT2D eigenvalue weighted by Gasteiger charge is -2.05. The zero-order valence-corrected chi connectivity index (χ0v) is 46.5. The minimum absolute atomic E-state index is 0.00979. The lowest BCUT2D eigenvalue weighted by atomic mass is 10.1. The summed E-state index contributed by atoms with van der Waals surface area (Å²) in [6, 6.07) is 0. The first-order chi connectivity index (χ1) is 34.1. The molecule has 0 aromatic carbocycles. The van der Waals surface area contributed by atoms with Gasteiger partial charge in [0, 0.05) is 32.1 Å². The van der Waals surface area contributed by atoms with Crippen LogP contribution in [0.4, 0.5) is 4.79 Å². The van der Waals surface area contributed by atoms with E-state index in [4.69, 9.17) is 14.2 Å². The van der Waals surface area contributed by atoms with Gasteiger partial charge in [0.15, 0.2) is 0 Å². The molecule has 0 aromatic rings. The molecule has 0 radical (unpaired) electrons.